The summed E-state index contributed by atoms with van der Waals surface area (Å²) in [4.78, 5) is 18.6. The Morgan fingerprint density at radius 2 is 2.36 bits per heavy atom. The first kappa shape index (κ1) is 14.7. The minimum atomic E-state index is -0.200. The van der Waals surface area contributed by atoms with Gasteiger partial charge in [0.25, 0.3) is 0 Å². The maximum absolute atomic E-state index is 11.7. The average molecular weight is 314 g/mol. The summed E-state index contributed by atoms with van der Waals surface area (Å²) in [6.07, 6.45) is 7.15. The highest BCUT2D eigenvalue weighted by Gasteiger charge is 2.23. The normalized spacial score (nSPS) is 18.0. The van der Waals surface area contributed by atoms with Crippen LogP contribution in [0.2, 0.25) is 0 Å². The van der Waals surface area contributed by atoms with Crippen molar-refractivity contribution in [3.8, 4) is 12.3 Å². The van der Waals surface area contributed by atoms with E-state index in [-0.39, 0.29) is 18.6 Å². The Balaban J connectivity index is 1.65. The molecule has 0 aliphatic carbocycles. The van der Waals surface area contributed by atoms with Crippen molar-refractivity contribution in [2.75, 3.05) is 24.5 Å². The van der Waals surface area contributed by atoms with Crippen molar-refractivity contribution in [3.05, 3.63) is 24.3 Å². The molecule has 2 aromatic rings. The van der Waals surface area contributed by atoms with Crippen LogP contribution in [0.3, 0.4) is 0 Å². The molecule has 1 aliphatic heterocycles. The zero-order chi connectivity index (χ0) is 15.4. The molecule has 1 fully saturated rings. The van der Waals surface area contributed by atoms with Crippen molar-refractivity contribution in [2.24, 2.45) is 0 Å². The fourth-order valence-electron chi connectivity index (χ4n) is 2.63. The van der Waals surface area contributed by atoms with Crippen LogP contribution in [0.15, 0.2) is 24.3 Å². The predicted molar refractivity (Wildman–Crippen MR) is 90.2 cm³/mol. The summed E-state index contributed by atoms with van der Waals surface area (Å²) in [5, 5.41) is 6.64. The first-order valence-electron chi connectivity index (χ1n) is 7.34. The van der Waals surface area contributed by atoms with E-state index in [4.69, 9.17) is 6.42 Å². The van der Waals surface area contributed by atoms with E-state index in [2.05, 4.69) is 32.5 Å². The van der Waals surface area contributed by atoms with Crippen LogP contribution in [0.5, 0.6) is 0 Å². The Morgan fingerprint density at radius 3 is 3.18 bits per heavy atom. The third-order valence-corrected chi connectivity index (χ3v) is 4.76. The molecule has 0 radical (unpaired) electrons. The van der Waals surface area contributed by atoms with Crippen molar-refractivity contribution in [2.45, 2.75) is 18.9 Å². The molecule has 1 atom stereocenters. The second kappa shape index (κ2) is 6.67. The molecule has 22 heavy (non-hydrogen) atoms. The minimum absolute atomic E-state index is 0.124. The number of piperidine rings is 1. The number of amides is 2. The van der Waals surface area contributed by atoms with Gasteiger partial charge in [0.15, 0.2) is 5.13 Å². The maximum atomic E-state index is 11.7. The molecular formula is C16H18N4OS. The van der Waals surface area contributed by atoms with Crippen molar-refractivity contribution < 1.29 is 4.79 Å². The first-order valence-corrected chi connectivity index (χ1v) is 8.16. The van der Waals surface area contributed by atoms with Crippen molar-refractivity contribution in [1.82, 2.24) is 15.6 Å². The smallest absolute Gasteiger partial charge is 0.315 e. The van der Waals surface area contributed by atoms with E-state index in [9.17, 15) is 4.79 Å². The zero-order valence-corrected chi connectivity index (χ0v) is 13.0. The molecule has 1 aromatic carbocycles. The van der Waals surface area contributed by atoms with Gasteiger partial charge in [-0.3, -0.25) is 0 Å². The predicted octanol–water partition coefficient (Wildman–Crippen LogP) is 2.20. The third kappa shape index (κ3) is 3.31. The number of rotatable bonds is 3. The lowest BCUT2D eigenvalue weighted by atomic mass is 10.1. The van der Waals surface area contributed by atoms with E-state index in [1.54, 1.807) is 11.3 Å². The number of urea groups is 1. The second-order valence-corrected chi connectivity index (χ2v) is 6.29. The summed E-state index contributed by atoms with van der Waals surface area (Å²) in [6.45, 7) is 2.01. The summed E-state index contributed by atoms with van der Waals surface area (Å²) in [5.74, 6) is 2.39. The van der Waals surface area contributed by atoms with E-state index in [0.717, 1.165) is 36.6 Å². The molecule has 0 bridgehead atoms. The molecule has 2 amide bonds. The number of fused-ring (bicyclic) bond motifs is 1. The summed E-state index contributed by atoms with van der Waals surface area (Å²) < 4.78 is 1.19. The SMILES string of the molecule is C#CCNC(=O)NC1CCCN(c2nc3ccccc3s2)C1. The number of carbonyl (C=O) groups excluding carboxylic acids is 1. The second-order valence-electron chi connectivity index (χ2n) is 5.28. The van der Waals surface area contributed by atoms with Crippen LogP contribution >= 0.6 is 11.3 Å². The molecule has 2 heterocycles. The number of carbonyl (C=O) groups is 1. The molecular weight excluding hydrogens is 296 g/mol. The van der Waals surface area contributed by atoms with E-state index >= 15 is 0 Å². The van der Waals surface area contributed by atoms with Gasteiger partial charge in [-0.05, 0) is 25.0 Å². The van der Waals surface area contributed by atoms with Gasteiger partial charge < -0.3 is 15.5 Å². The minimum Gasteiger partial charge on any atom is -0.346 e. The standard InChI is InChI=1S/C16H18N4OS/c1-2-9-17-15(21)18-12-6-5-10-20(11-12)16-19-13-7-3-4-8-14(13)22-16/h1,3-4,7-8,12H,5-6,9-11H2,(H2,17,18,21). The Hall–Kier alpha value is -2.26. The number of benzene rings is 1. The largest absolute Gasteiger partial charge is 0.346 e. The van der Waals surface area contributed by atoms with Gasteiger partial charge in [0.1, 0.15) is 0 Å². The summed E-state index contributed by atoms with van der Waals surface area (Å²) >= 11 is 1.70. The van der Waals surface area contributed by atoms with Gasteiger partial charge in [0, 0.05) is 19.1 Å². The van der Waals surface area contributed by atoms with Crippen LogP contribution in [-0.2, 0) is 0 Å². The number of nitrogens with zero attached hydrogens (tertiary/aromatic N) is 2. The summed E-state index contributed by atoms with van der Waals surface area (Å²) in [5.41, 5.74) is 1.03. The molecule has 1 saturated heterocycles. The van der Waals surface area contributed by atoms with Gasteiger partial charge in [-0.1, -0.05) is 29.4 Å². The van der Waals surface area contributed by atoms with Gasteiger partial charge in [-0.15, -0.1) is 6.42 Å². The number of thiazole rings is 1. The number of nitrogens with one attached hydrogen (secondary N) is 2. The van der Waals surface area contributed by atoms with Crippen LogP contribution < -0.4 is 15.5 Å². The zero-order valence-electron chi connectivity index (χ0n) is 12.2. The van der Waals surface area contributed by atoms with Crippen LogP contribution in [0, 0.1) is 12.3 Å². The molecule has 0 spiro atoms. The summed E-state index contributed by atoms with van der Waals surface area (Å²) in [6, 6.07) is 8.07. The Bertz CT molecular complexity index is 672. The highest BCUT2D eigenvalue weighted by Crippen LogP contribution is 2.30. The molecule has 5 nitrogen and oxygen atoms in total. The van der Waals surface area contributed by atoms with Gasteiger partial charge >= 0.3 is 6.03 Å². The number of hydrogen-bond acceptors (Lipinski definition) is 4. The lowest BCUT2D eigenvalue weighted by Crippen LogP contribution is -2.50. The van der Waals surface area contributed by atoms with Crippen LogP contribution in [-0.4, -0.2) is 36.7 Å². The van der Waals surface area contributed by atoms with Gasteiger partial charge in [0.05, 0.1) is 16.8 Å². The molecule has 0 saturated carbocycles. The quantitative estimate of drug-likeness (QED) is 0.854. The molecule has 6 heteroatoms. The van der Waals surface area contributed by atoms with Crippen molar-refractivity contribution in [1.29, 1.82) is 0 Å². The molecule has 1 unspecified atom stereocenters. The fraction of sp³-hybridized carbons (Fsp3) is 0.375. The van der Waals surface area contributed by atoms with Crippen LogP contribution in [0.1, 0.15) is 12.8 Å². The lowest BCUT2D eigenvalue weighted by Gasteiger charge is -2.32. The van der Waals surface area contributed by atoms with E-state index < -0.39 is 0 Å². The fourth-order valence-corrected chi connectivity index (χ4v) is 3.63. The number of anilines is 1. The highest BCUT2D eigenvalue weighted by molar-refractivity contribution is 7.22. The molecule has 1 aliphatic rings. The topological polar surface area (TPSA) is 57.3 Å². The molecule has 3 rings (SSSR count). The first-order chi connectivity index (χ1) is 10.8. The van der Waals surface area contributed by atoms with Crippen LogP contribution in [0.4, 0.5) is 9.93 Å². The lowest BCUT2D eigenvalue weighted by molar-refractivity contribution is 0.236. The van der Waals surface area contributed by atoms with Crippen molar-refractivity contribution >= 4 is 32.7 Å². The van der Waals surface area contributed by atoms with E-state index in [0.29, 0.717) is 0 Å². The Morgan fingerprint density at radius 1 is 1.50 bits per heavy atom. The number of terminal acetylenes is 1. The monoisotopic (exact) mass is 314 g/mol. The number of aromatic nitrogens is 1. The van der Waals surface area contributed by atoms with Gasteiger partial charge in [0.2, 0.25) is 0 Å². The van der Waals surface area contributed by atoms with Crippen LogP contribution in [0.25, 0.3) is 10.2 Å². The average Bonchev–Trinajstić information content (AvgIpc) is 2.97. The molecule has 2 N–H and O–H groups in total. The number of hydrogen-bond donors (Lipinski definition) is 2. The summed E-state index contributed by atoms with van der Waals surface area (Å²) in [7, 11) is 0. The van der Waals surface area contributed by atoms with Gasteiger partial charge in [-0.2, -0.15) is 0 Å². The van der Waals surface area contributed by atoms with E-state index in [1.165, 1.54) is 4.70 Å². The Labute approximate surface area is 133 Å². The van der Waals surface area contributed by atoms with E-state index in [1.807, 2.05) is 18.2 Å². The van der Waals surface area contributed by atoms with Crippen molar-refractivity contribution in [3.63, 3.8) is 0 Å². The highest BCUT2D eigenvalue weighted by atomic mass is 32.1. The number of para-hydroxylation sites is 1. The molecule has 1 aromatic heterocycles. The van der Waals surface area contributed by atoms with Gasteiger partial charge in [-0.25, -0.2) is 9.78 Å². The maximum Gasteiger partial charge on any atom is 0.315 e. The third-order valence-electron chi connectivity index (χ3n) is 3.66. The molecule has 114 valence electrons. The Kier molecular flexibility index (Phi) is 4.45.